The van der Waals surface area contributed by atoms with E-state index in [1.807, 2.05) is 20.8 Å². The summed E-state index contributed by atoms with van der Waals surface area (Å²) >= 11 is 0. The molecule has 0 radical (unpaired) electrons. The van der Waals surface area contributed by atoms with Gasteiger partial charge in [-0.15, -0.1) is 0 Å². The first-order valence-electron chi connectivity index (χ1n) is 5.08. The van der Waals surface area contributed by atoms with Gasteiger partial charge in [-0.05, 0) is 6.92 Å². The predicted molar refractivity (Wildman–Crippen MR) is 54.1 cm³/mol. The van der Waals surface area contributed by atoms with Crippen molar-refractivity contribution in [3.8, 4) is 0 Å². The van der Waals surface area contributed by atoms with Crippen molar-refractivity contribution in [3.63, 3.8) is 0 Å². The highest BCUT2D eigenvalue weighted by atomic mass is 16.7. The van der Waals surface area contributed by atoms with Gasteiger partial charge in [0, 0.05) is 20.6 Å². The van der Waals surface area contributed by atoms with Crippen molar-refractivity contribution in [2.24, 2.45) is 0 Å². The first-order valence-corrected chi connectivity index (χ1v) is 5.08. The molecular formula is C10H22O4. The molecule has 0 aromatic carbocycles. The molecule has 4 atom stereocenters. The van der Waals surface area contributed by atoms with Gasteiger partial charge in [0.25, 0.3) is 0 Å². The molecule has 1 saturated heterocycles. The van der Waals surface area contributed by atoms with E-state index in [1.54, 1.807) is 14.2 Å². The Morgan fingerprint density at radius 3 is 2.21 bits per heavy atom. The summed E-state index contributed by atoms with van der Waals surface area (Å²) in [5, 5.41) is 9.55. The van der Waals surface area contributed by atoms with E-state index in [0.717, 1.165) is 0 Å². The van der Waals surface area contributed by atoms with Gasteiger partial charge in [-0.1, -0.05) is 13.8 Å². The smallest absolute Gasteiger partial charge is 0.160 e. The Morgan fingerprint density at radius 1 is 1.21 bits per heavy atom. The molecule has 1 rings (SSSR count). The minimum absolute atomic E-state index is 0.182. The highest BCUT2D eigenvalue weighted by molar-refractivity contribution is 4.80. The number of hydrogen-bond donors (Lipinski definition) is 1. The summed E-state index contributed by atoms with van der Waals surface area (Å²) in [6.45, 7) is 5.81. The van der Waals surface area contributed by atoms with E-state index >= 15 is 0 Å². The van der Waals surface area contributed by atoms with Crippen LogP contribution in [-0.2, 0) is 14.2 Å². The predicted octanol–water partition coefficient (Wildman–Crippen LogP) is 1.17. The average Bonchev–Trinajstić information content (AvgIpc) is 2.24. The van der Waals surface area contributed by atoms with Crippen molar-refractivity contribution in [3.05, 3.63) is 0 Å². The minimum Gasteiger partial charge on any atom is -0.388 e. The van der Waals surface area contributed by atoms with Crippen molar-refractivity contribution in [2.75, 3.05) is 14.2 Å². The van der Waals surface area contributed by atoms with E-state index in [2.05, 4.69) is 0 Å². The lowest BCUT2D eigenvalue weighted by atomic mass is 10.0. The molecule has 1 aliphatic rings. The molecule has 0 aromatic rings. The highest BCUT2D eigenvalue weighted by Crippen LogP contribution is 2.22. The summed E-state index contributed by atoms with van der Waals surface area (Å²) in [4.78, 5) is 0. The van der Waals surface area contributed by atoms with Crippen LogP contribution in [0.15, 0.2) is 0 Å². The Balaban J connectivity index is 0.000000791. The van der Waals surface area contributed by atoms with Gasteiger partial charge in [0.15, 0.2) is 6.29 Å². The second-order valence-electron chi connectivity index (χ2n) is 3.01. The number of aliphatic hydroxyl groups excluding tert-OH is 1. The number of aliphatic hydroxyl groups is 1. The zero-order chi connectivity index (χ0) is 11.1. The summed E-state index contributed by atoms with van der Waals surface area (Å²) < 4.78 is 15.5. The molecular weight excluding hydrogens is 184 g/mol. The summed E-state index contributed by atoms with van der Waals surface area (Å²) in [6.07, 6.45) is -0.638. The largest absolute Gasteiger partial charge is 0.388 e. The Kier molecular flexibility index (Phi) is 7.09. The number of rotatable bonds is 2. The highest BCUT2D eigenvalue weighted by Gasteiger charge is 2.35. The Hall–Kier alpha value is -0.160. The van der Waals surface area contributed by atoms with Crippen LogP contribution in [0, 0.1) is 0 Å². The lowest BCUT2D eigenvalue weighted by molar-refractivity contribution is -0.241. The molecule has 86 valence electrons. The second-order valence-corrected chi connectivity index (χ2v) is 3.01. The first kappa shape index (κ1) is 13.8. The van der Waals surface area contributed by atoms with Crippen molar-refractivity contribution >= 4 is 0 Å². The van der Waals surface area contributed by atoms with E-state index < -0.39 is 6.10 Å². The van der Waals surface area contributed by atoms with Crippen LogP contribution in [0.25, 0.3) is 0 Å². The lowest BCUT2D eigenvalue weighted by Crippen LogP contribution is -2.48. The average molecular weight is 206 g/mol. The third-order valence-corrected chi connectivity index (χ3v) is 2.22. The van der Waals surface area contributed by atoms with Gasteiger partial charge in [0.1, 0.15) is 6.10 Å². The molecule has 1 N–H and O–H groups in total. The quantitative estimate of drug-likeness (QED) is 0.736. The van der Waals surface area contributed by atoms with Crippen LogP contribution in [0.2, 0.25) is 0 Å². The van der Waals surface area contributed by atoms with Gasteiger partial charge >= 0.3 is 0 Å². The third-order valence-electron chi connectivity index (χ3n) is 2.22. The number of ether oxygens (including phenoxy) is 3. The fraction of sp³-hybridized carbons (Fsp3) is 1.00. The van der Waals surface area contributed by atoms with Gasteiger partial charge in [-0.2, -0.15) is 0 Å². The Labute approximate surface area is 86.2 Å². The van der Waals surface area contributed by atoms with Crippen LogP contribution in [-0.4, -0.2) is 43.9 Å². The fourth-order valence-electron chi connectivity index (χ4n) is 1.39. The molecule has 1 heterocycles. The standard InChI is InChI=1S/C8H16O4.C2H6/c1-5-8(9)6(10-2)4-7(11-3)12-5;1-2/h5-9H,4H2,1-3H3;1-2H3/t5-,6+,7?,8-;/m1./s1. The van der Waals surface area contributed by atoms with Gasteiger partial charge in [-0.3, -0.25) is 0 Å². The molecule has 0 aromatic heterocycles. The maximum atomic E-state index is 9.55. The van der Waals surface area contributed by atoms with Crippen molar-refractivity contribution in [1.82, 2.24) is 0 Å². The van der Waals surface area contributed by atoms with E-state index in [4.69, 9.17) is 14.2 Å². The van der Waals surface area contributed by atoms with Gasteiger partial charge in [-0.25, -0.2) is 0 Å². The van der Waals surface area contributed by atoms with Crippen molar-refractivity contribution in [2.45, 2.75) is 51.8 Å². The van der Waals surface area contributed by atoms with Gasteiger partial charge in [0.2, 0.25) is 0 Å². The molecule has 14 heavy (non-hydrogen) atoms. The topological polar surface area (TPSA) is 47.9 Å². The Morgan fingerprint density at radius 2 is 1.79 bits per heavy atom. The number of methoxy groups -OCH3 is 2. The van der Waals surface area contributed by atoms with Crippen LogP contribution in [0.5, 0.6) is 0 Å². The van der Waals surface area contributed by atoms with Gasteiger partial charge < -0.3 is 19.3 Å². The first-order chi connectivity index (χ1) is 6.69. The fourth-order valence-corrected chi connectivity index (χ4v) is 1.39. The van der Waals surface area contributed by atoms with Crippen LogP contribution in [0.1, 0.15) is 27.2 Å². The maximum absolute atomic E-state index is 9.55. The molecule has 0 bridgehead atoms. The van der Waals surface area contributed by atoms with E-state index in [9.17, 15) is 5.11 Å². The monoisotopic (exact) mass is 206 g/mol. The van der Waals surface area contributed by atoms with E-state index in [1.165, 1.54) is 0 Å². The van der Waals surface area contributed by atoms with E-state index in [-0.39, 0.29) is 18.5 Å². The molecule has 1 fully saturated rings. The minimum atomic E-state index is -0.554. The summed E-state index contributed by atoms with van der Waals surface area (Å²) in [6, 6.07) is 0. The van der Waals surface area contributed by atoms with Gasteiger partial charge in [0.05, 0.1) is 12.2 Å². The maximum Gasteiger partial charge on any atom is 0.160 e. The zero-order valence-corrected chi connectivity index (χ0v) is 9.69. The molecule has 0 amide bonds. The normalized spacial score (nSPS) is 37.3. The molecule has 0 aliphatic carbocycles. The Bertz CT molecular complexity index is 140. The SMILES string of the molecule is CC.COC1C[C@H](OC)[C@H](O)[C@@H](C)O1. The van der Waals surface area contributed by atoms with Crippen LogP contribution >= 0.6 is 0 Å². The number of hydrogen-bond acceptors (Lipinski definition) is 4. The second kappa shape index (κ2) is 7.17. The van der Waals surface area contributed by atoms with Crippen LogP contribution < -0.4 is 0 Å². The van der Waals surface area contributed by atoms with Crippen molar-refractivity contribution < 1.29 is 19.3 Å². The molecule has 1 unspecified atom stereocenters. The summed E-state index contributed by atoms with van der Waals surface area (Å²) in [5.74, 6) is 0. The molecule has 0 spiro atoms. The summed E-state index contributed by atoms with van der Waals surface area (Å²) in [5.41, 5.74) is 0. The third kappa shape index (κ3) is 3.53. The summed E-state index contributed by atoms with van der Waals surface area (Å²) in [7, 11) is 3.17. The van der Waals surface area contributed by atoms with Crippen molar-refractivity contribution in [1.29, 1.82) is 0 Å². The molecule has 4 heteroatoms. The van der Waals surface area contributed by atoms with Crippen LogP contribution in [0.4, 0.5) is 0 Å². The molecule has 4 nitrogen and oxygen atoms in total. The van der Waals surface area contributed by atoms with E-state index in [0.29, 0.717) is 6.42 Å². The lowest BCUT2D eigenvalue weighted by Gasteiger charge is -2.36. The zero-order valence-electron chi connectivity index (χ0n) is 9.69. The molecule has 0 saturated carbocycles. The van der Waals surface area contributed by atoms with Crippen LogP contribution in [0.3, 0.4) is 0 Å². The molecule has 1 aliphatic heterocycles.